The Labute approximate surface area is 201 Å². The number of benzene rings is 3. The summed E-state index contributed by atoms with van der Waals surface area (Å²) in [6.45, 7) is 0. The standard InChI is InChI=1S/C22H19I2NO5/c23-17-8-13(10-19(25)22(28)29)9-18(24)21(17)30-16-5-6-20(27)14(11-16)7-12-1-3-15(26)4-2-12/h1-6,8-9,11,19,26-27H,7,10,25H2,(H,28,29). The molecule has 6 nitrogen and oxygen atoms in total. The lowest BCUT2D eigenvalue weighted by Gasteiger charge is -2.14. The Balaban J connectivity index is 1.82. The Morgan fingerprint density at radius 1 is 0.967 bits per heavy atom. The summed E-state index contributed by atoms with van der Waals surface area (Å²) in [6, 6.07) is 14.6. The number of phenolic OH excluding ortho intramolecular Hbond substituents is 2. The van der Waals surface area contributed by atoms with Gasteiger partial charge < -0.3 is 25.8 Å². The Morgan fingerprint density at radius 3 is 2.20 bits per heavy atom. The van der Waals surface area contributed by atoms with Crippen LogP contribution in [0.4, 0.5) is 0 Å². The zero-order valence-electron chi connectivity index (χ0n) is 15.7. The molecule has 3 aromatic carbocycles. The molecule has 0 fully saturated rings. The van der Waals surface area contributed by atoms with E-state index in [9.17, 15) is 15.0 Å². The maximum Gasteiger partial charge on any atom is 0.320 e. The fourth-order valence-electron chi connectivity index (χ4n) is 2.89. The predicted octanol–water partition coefficient (Wildman–Crippen LogP) is 4.64. The predicted molar refractivity (Wildman–Crippen MR) is 130 cm³/mol. The zero-order valence-corrected chi connectivity index (χ0v) is 20.0. The van der Waals surface area contributed by atoms with Crippen LogP contribution in [0.1, 0.15) is 16.7 Å². The number of hydrogen-bond donors (Lipinski definition) is 4. The molecule has 3 rings (SSSR count). The molecule has 0 saturated heterocycles. The second-order valence-corrected chi connectivity index (χ2v) is 9.10. The first-order valence-corrected chi connectivity index (χ1v) is 11.1. The summed E-state index contributed by atoms with van der Waals surface area (Å²) in [6.07, 6.45) is 0.723. The number of nitrogens with two attached hydrogens (primary N) is 1. The number of carboxylic acid groups (broad SMARTS) is 1. The highest BCUT2D eigenvalue weighted by molar-refractivity contribution is 14.1. The molecule has 0 heterocycles. The summed E-state index contributed by atoms with van der Waals surface area (Å²) in [4.78, 5) is 11.0. The Hall–Kier alpha value is -2.05. The number of phenols is 2. The largest absolute Gasteiger partial charge is 0.508 e. The minimum Gasteiger partial charge on any atom is -0.508 e. The van der Waals surface area contributed by atoms with Crippen LogP contribution in [-0.2, 0) is 17.6 Å². The van der Waals surface area contributed by atoms with Crippen molar-refractivity contribution in [3.8, 4) is 23.0 Å². The second kappa shape index (κ2) is 9.84. The topological polar surface area (TPSA) is 113 Å². The molecule has 1 unspecified atom stereocenters. The van der Waals surface area contributed by atoms with Gasteiger partial charge in [0.1, 0.15) is 23.3 Å². The van der Waals surface area contributed by atoms with E-state index >= 15 is 0 Å². The molecule has 0 aliphatic rings. The monoisotopic (exact) mass is 631 g/mol. The Bertz CT molecular complexity index is 1050. The Kier molecular flexibility index (Phi) is 7.42. The summed E-state index contributed by atoms with van der Waals surface area (Å²) in [5.74, 6) is 0.554. The third-order valence-corrected chi connectivity index (χ3v) is 6.04. The SMILES string of the molecule is NC(Cc1cc(I)c(Oc2ccc(O)c(Cc3ccc(O)cc3)c2)c(I)c1)C(=O)O. The molecule has 0 aliphatic heterocycles. The van der Waals surface area contributed by atoms with Gasteiger partial charge in [0.05, 0.1) is 7.14 Å². The molecular weight excluding hydrogens is 612 g/mol. The lowest BCUT2D eigenvalue weighted by atomic mass is 10.0. The maximum atomic E-state index is 11.0. The van der Waals surface area contributed by atoms with E-state index in [0.29, 0.717) is 23.5 Å². The highest BCUT2D eigenvalue weighted by Gasteiger charge is 2.16. The number of hydrogen-bond acceptors (Lipinski definition) is 5. The van der Waals surface area contributed by atoms with E-state index in [1.165, 1.54) is 0 Å². The lowest BCUT2D eigenvalue weighted by Crippen LogP contribution is -2.32. The van der Waals surface area contributed by atoms with Crippen LogP contribution >= 0.6 is 45.2 Å². The van der Waals surface area contributed by atoms with Crippen LogP contribution in [0, 0.1) is 7.14 Å². The van der Waals surface area contributed by atoms with Gasteiger partial charge in [0.15, 0.2) is 5.75 Å². The normalized spacial score (nSPS) is 11.8. The van der Waals surface area contributed by atoms with Crippen LogP contribution in [0.15, 0.2) is 54.6 Å². The van der Waals surface area contributed by atoms with Crippen LogP contribution in [0.5, 0.6) is 23.0 Å². The van der Waals surface area contributed by atoms with Crippen molar-refractivity contribution in [3.05, 3.63) is 78.4 Å². The number of halogens is 2. The number of carboxylic acids is 1. The third kappa shape index (κ3) is 5.76. The summed E-state index contributed by atoms with van der Waals surface area (Å²) in [7, 11) is 0. The zero-order chi connectivity index (χ0) is 21.8. The number of rotatable bonds is 7. The molecule has 156 valence electrons. The molecule has 0 saturated carbocycles. The van der Waals surface area contributed by atoms with E-state index in [0.717, 1.165) is 18.3 Å². The van der Waals surface area contributed by atoms with Gasteiger partial charge in [-0.2, -0.15) is 0 Å². The van der Waals surface area contributed by atoms with Crippen molar-refractivity contribution in [3.63, 3.8) is 0 Å². The van der Waals surface area contributed by atoms with Gasteiger partial charge in [0.2, 0.25) is 0 Å². The van der Waals surface area contributed by atoms with Crippen LogP contribution in [0.2, 0.25) is 0 Å². The first-order valence-electron chi connectivity index (χ1n) is 8.97. The van der Waals surface area contributed by atoms with E-state index in [4.69, 9.17) is 15.6 Å². The summed E-state index contributed by atoms with van der Waals surface area (Å²) < 4.78 is 7.75. The van der Waals surface area contributed by atoms with E-state index in [1.54, 1.807) is 42.5 Å². The number of aromatic hydroxyl groups is 2. The van der Waals surface area contributed by atoms with Gasteiger partial charge in [0, 0.05) is 12.0 Å². The van der Waals surface area contributed by atoms with Gasteiger partial charge in [-0.3, -0.25) is 4.79 Å². The average molecular weight is 631 g/mol. The van der Waals surface area contributed by atoms with Crippen LogP contribution in [0.25, 0.3) is 0 Å². The average Bonchev–Trinajstić information content (AvgIpc) is 2.68. The van der Waals surface area contributed by atoms with Gasteiger partial charge in [-0.15, -0.1) is 0 Å². The molecule has 1 atom stereocenters. The summed E-state index contributed by atoms with van der Waals surface area (Å²) >= 11 is 4.30. The number of aliphatic carboxylic acids is 1. The molecule has 5 N–H and O–H groups in total. The minimum absolute atomic E-state index is 0.165. The fourth-order valence-corrected chi connectivity index (χ4v) is 5.00. The molecular formula is C22H19I2NO5. The van der Waals surface area contributed by atoms with Crippen molar-refractivity contribution in [1.82, 2.24) is 0 Å². The van der Waals surface area contributed by atoms with Gasteiger partial charge >= 0.3 is 5.97 Å². The molecule has 8 heteroatoms. The summed E-state index contributed by atoms with van der Waals surface area (Å²) in [5, 5.41) is 28.7. The van der Waals surface area contributed by atoms with E-state index in [1.807, 2.05) is 12.1 Å². The van der Waals surface area contributed by atoms with Crippen molar-refractivity contribution >= 4 is 51.2 Å². The highest BCUT2D eigenvalue weighted by atomic mass is 127. The van der Waals surface area contributed by atoms with Crippen molar-refractivity contribution < 1.29 is 24.9 Å². The molecule has 0 radical (unpaired) electrons. The number of ether oxygens (including phenoxy) is 1. The quantitative estimate of drug-likeness (QED) is 0.283. The van der Waals surface area contributed by atoms with Gasteiger partial charge in [-0.1, -0.05) is 12.1 Å². The van der Waals surface area contributed by atoms with Crippen molar-refractivity contribution in [2.45, 2.75) is 18.9 Å². The van der Waals surface area contributed by atoms with Crippen LogP contribution < -0.4 is 10.5 Å². The highest BCUT2D eigenvalue weighted by Crippen LogP contribution is 2.35. The fraction of sp³-hybridized carbons (Fsp3) is 0.136. The molecule has 0 spiro atoms. The smallest absolute Gasteiger partial charge is 0.320 e. The Morgan fingerprint density at radius 2 is 1.60 bits per heavy atom. The van der Waals surface area contributed by atoms with Gasteiger partial charge in [-0.25, -0.2) is 0 Å². The van der Waals surface area contributed by atoms with Crippen molar-refractivity contribution in [2.75, 3.05) is 0 Å². The minimum atomic E-state index is -1.04. The van der Waals surface area contributed by atoms with Crippen molar-refractivity contribution in [1.29, 1.82) is 0 Å². The first kappa shape index (κ1) is 22.6. The first-order chi connectivity index (χ1) is 14.2. The molecule has 0 aromatic heterocycles. The van der Waals surface area contributed by atoms with Crippen molar-refractivity contribution in [2.24, 2.45) is 5.73 Å². The molecule has 0 amide bonds. The number of carbonyl (C=O) groups is 1. The second-order valence-electron chi connectivity index (χ2n) is 6.77. The lowest BCUT2D eigenvalue weighted by molar-refractivity contribution is -0.138. The van der Waals surface area contributed by atoms with E-state index in [2.05, 4.69) is 45.2 Å². The molecule has 0 bridgehead atoms. The molecule has 30 heavy (non-hydrogen) atoms. The molecule has 0 aliphatic carbocycles. The van der Waals surface area contributed by atoms with Crippen LogP contribution in [0.3, 0.4) is 0 Å². The maximum absolute atomic E-state index is 11.0. The van der Waals surface area contributed by atoms with E-state index < -0.39 is 12.0 Å². The van der Waals surface area contributed by atoms with Gasteiger partial charge in [-0.05, 0) is 105 Å². The summed E-state index contributed by atoms with van der Waals surface area (Å²) in [5.41, 5.74) is 8.11. The van der Waals surface area contributed by atoms with E-state index in [-0.39, 0.29) is 17.9 Å². The van der Waals surface area contributed by atoms with Crippen LogP contribution in [-0.4, -0.2) is 27.3 Å². The molecule has 3 aromatic rings. The third-order valence-electron chi connectivity index (χ3n) is 4.43. The van der Waals surface area contributed by atoms with Gasteiger partial charge in [0.25, 0.3) is 0 Å².